The molecule has 0 bridgehead atoms. The van der Waals surface area contributed by atoms with Crippen LogP contribution in [0.5, 0.6) is 11.5 Å². The van der Waals surface area contributed by atoms with Crippen molar-refractivity contribution in [3.63, 3.8) is 0 Å². The van der Waals surface area contributed by atoms with Crippen molar-refractivity contribution < 1.29 is 14.6 Å². The highest BCUT2D eigenvalue weighted by Gasteiger charge is 2.21. The molecule has 0 amide bonds. The summed E-state index contributed by atoms with van der Waals surface area (Å²) in [6, 6.07) is 12.7. The van der Waals surface area contributed by atoms with E-state index >= 15 is 0 Å². The Kier molecular flexibility index (Phi) is 7.85. The summed E-state index contributed by atoms with van der Waals surface area (Å²) in [5.74, 6) is 1.31. The lowest BCUT2D eigenvalue weighted by Crippen LogP contribution is -2.42. The molecule has 136 valence electrons. The smallest absolute Gasteiger partial charge is 0.142 e. The molecule has 0 aliphatic rings. The molecule has 0 radical (unpaired) electrons. The van der Waals surface area contributed by atoms with Gasteiger partial charge in [-0.15, -0.1) is 0 Å². The molecule has 0 fully saturated rings. The van der Waals surface area contributed by atoms with E-state index in [1.165, 1.54) is 0 Å². The normalized spacial score (nSPS) is 13.3. The van der Waals surface area contributed by atoms with E-state index in [2.05, 4.69) is 5.32 Å². The number of methoxy groups -OCH3 is 1. The van der Waals surface area contributed by atoms with Gasteiger partial charge in [0, 0.05) is 11.6 Å². The van der Waals surface area contributed by atoms with Gasteiger partial charge in [0.25, 0.3) is 0 Å². The monoisotopic (exact) mass is 383 g/mol. The minimum Gasteiger partial charge on any atom is -0.497 e. The summed E-state index contributed by atoms with van der Waals surface area (Å²) in [5.41, 5.74) is 1.04. The van der Waals surface area contributed by atoms with Gasteiger partial charge in [0.05, 0.1) is 12.1 Å². The van der Waals surface area contributed by atoms with Gasteiger partial charge in [-0.2, -0.15) is 0 Å². The Labute approximate surface area is 158 Å². The summed E-state index contributed by atoms with van der Waals surface area (Å²) in [7, 11) is 1.63. The molecule has 2 atom stereocenters. The fourth-order valence-electron chi connectivity index (χ4n) is 2.40. The molecule has 2 N–H and O–H groups in total. The van der Waals surface area contributed by atoms with Gasteiger partial charge < -0.3 is 14.6 Å². The molecule has 0 aromatic heterocycles. The molecule has 2 unspecified atom stereocenters. The summed E-state index contributed by atoms with van der Waals surface area (Å²) in [4.78, 5) is 0. The molecule has 2 aromatic rings. The molecular formula is C19H23Cl2NO3. The third-order valence-corrected chi connectivity index (χ3v) is 4.30. The number of ether oxygens (including phenoxy) is 2. The molecule has 0 aliphatic heterocycles. The molecule has 0 saturated heterocycles. The topological polar surface area (TPSA) is 50.7 Å². The van der Waals surface area contributed by atoms with Crippen molar-refractivity contribution in [2.24, 2.45) is 0 Å². The van der Waals surface area contributed by atoms with Gasteiger partial charge in [-0.1, -0.05) is 48.7 Å². The van der Waals surface area contributed by atoms with Crippen LogP contribution in [0.4, 0.5) is 0 Å². The first-order valence-electron chi connectivity index (χ1n) is 8.19. The molecule has 6 heteroatoms. The Morgan fingerprint density at radius 1 is 1.12 bits per heavy atom. The number of nitrogens with one attached hydrogen (secondary N) is 1. The number of hydrogen-bond donors (Lipinski definition) is 2. The first-order chi connectivity index (χ1) is 12.0. The zero-order chi connectivity index (χ0) is 18.2. The molecule has 25 heavy (non-hydrogen) atoms. The Balaban J connectivity index is 1.97. The molecule has 0 saturated carbocycles. The van der Waals surface area contributed by atoms with Crippen LogP contribution >= 0.6 is 23.2 Å². The van der Waals surface area contributed by atoms with Crippen molar-refractivity contribution in [3.05, 3.63) is 58.1 Å². The fraction of sp³-hybridized carbons (Fsp3) is 0.368. The average molecular weight is 384 g/mol. The highest BCUT2D eigenvalue weighted by molar-refractivity contribution is 6.35. The van der Waals surface area contributed by atoms with Crippen molar-refractivity contribution in [1.82, 2.24) is 5.32 Å². The zero-order valence-electron chi connectivity index (χ0n) is 14.3. The van der Waals surface area contributed by atoms with Crippen molar-refractivity contribution in [2.75, 3.05) is 7.11 Å². The molecule has 0 aliphatic carbocycles. The van der Waals surface area contributed by atoms with Gasteiger partial charge in [-0.25, -0.2) is 0 Å². The van der Waals surface area contributed by atoms with Crippen LogP contribution in [0.15, 0.2) is 42.5 Å². The van der Waals surface area contributed by atoms with Crippen molar-refractivity contribution in [1.29, 1.82) is 0 Å². The van der Waals surface area contributed by atoms with Crippen molar-refractivity contribution >= 4 is 23.2 Å². The zero-order valence-corrected chi connectivity index (χ0v) is 15.8. The van der Waals surface area contributed by atoms with Crippen LogP contribution in [0.2, 0.25) is 10.0 Å². The Morgan fingerprint density at radius 3 is 2.44 bits per heavy atom. The largest absolute Gasteiger partial charge is 0.497 e. The molecule has 0 spiro atoms. The number of rotatable bonds is 9. The molecule has 0 heterocycles. The minimum atomic E-state index is -0.825. The lowest BCUT2D eigenvalue weighted by molar-refractivity contribution is 0.00777. The van der Waals surface area contributed by atoms with Gasteiger partial charge in [0.1, 0.15) is 23.8 Å². The van der Waals surface area contributed by atoms with Crippen LogP contribution in [0.25, 0.3) is 0 Å². The Hall–Kier alpha value is -1.46. The minimum absolute atomic E-state index is 0.415. The second-order valence-corrected chi connectivity index (χ2v) is 6.54. The third kappa shape index (κ3) is 6.08. The third-order valence-electron chi connectivity index (χ3n) is 3.77. The average Bonchev–Trinajstić information content (AvgIpc) is 2.61. The first-order valence-corrected chi connectivity index (χ1v) is 8.95. The van der Waals surface area contributed by atoms with Crippen molar-refractivity contribution in [2.45, 2.75) is 38.6 Å². The van der Waals surface area contributed by atoms with E-state index in [0.29, 0.717) is 28.8 Å². The number of hydrogen-bond acceptors (Lipinski definition) is 4. The van der Waals surface area contributed by atoms with Gasteiger partial charge in [0.15, 0.2) is 0 Å². The van der Waals surface area contributed by atoms with E-state index < -0.39 is 12.3 Å². The standard InChI is InChI=1S/C19H23Cl2NO3/c1-3-4-18(25-17-10-7-14(20)11-16(17)21)19(23)22-12-13-5-8-15(24-2)9-6-13/h5-11,18-19,22-23H,3-4,12H2,1-2H3. The lowest BCUT2D eigenvalue weighted by atomic mass is 10.1. The summed E-state index contributed by atoms with van der Waals surface area (Å²) in [6.07, 6.45) is 0.322. The summed E-state index contributed by atoms with van der Waals surface area (Å²) >= 11 is 12.1. The van der Waals surface area contributed by atoms with E-state index in [4.69, 9.17) is 32.7 Å². The maximum absolute atomic E-state index is 10.5. The second kappa shape index (κ2) is 9.88. The van der Waals surface area contributed by atoms with E-state index in [-0.39, 0.29) is 0 Å². The van der Waals surface area contributed by atoms with E-state index in [1.54, 1.807) is 25.3 Å². The SMILES string of the molecule is CCCC(Oc1ccc(Cl)cc1Cl)C(O)NCc1ccc(OC)cc1. The predicted octanol–water partition coefficient (Wildman–Crippen LogP) is 4.66. The van der Waals surface area contributed by atoms with Gasteiger partial charge >= 0.3 is 0 Å². The molecule has 2 rings (SSSR count). The summed E-state index contributed by atoms with van der Waals surface area (Å²) in [5, 5.41) is 14.5. The Morgan fingerprint density at radius 2 is 1.84 bits per heavy atom. The number of benzene rings is 2. The number of halogens is 2. The fourth-order valence-corrected chi connectivity index (χ4v) is 2.85. The van der Waals surface area contributed by atoms with E-state index in [1.807, 2.05) is 31.2 Å². The summed E-state index contributed by atoms with van der Waals surface area (Å²) in [6.45, 7) is 2.55. The van der Waals surface area contributed by atoms with Crippen LogP contribution in [-0.4, -0.2) is 24.5 Å². The van der Waals surface area contributed by atoms with E-state index in [0.717, 1.165) is 17.7 Å². The second-order valence-electron chi connectivity index (χ2n) is 5.69. The van der Waals surface area contributed by atoms with Crippen LogP contribution in [0.3, 0.4) is 0 Å². The molecule has 4 nitrogen and oxygen atoms in total. The van der Waals surface area contributed by atoms with Crippen LogP contribution in [0.1, 0.15) is 25.3 Å². The predicted molar refractivity (Wildman–Crippen MR) is 102 cm³/mol. The summed E-state index contributed by atoms with van der Waals surface area (Å²) < 4.78 is 11.0. The van der Waals surface area contributed by atoms with Gasteiger partial charge in [0.2, 0.25) is 0 Å². The van der Waals surface area contributed by atoms with Crippen molar-refractivity contribution in [3.8, 4) is 11.5 Å². The lowest BCUT2D eigenvalue weighted by Gasteiger charge is -2.25. The van der Waals surface area contributed by atoms with Gasteiger partial charge in [-0.05, 0) is 42.3 Å². The van der Waals surface area contributed by atoms with Gasteiger partial charge in [-0.3, -0.25) is 5.32 Å². The molecule has 2 aromatic carbocycles. The quantitative estimate of drug-likeness (QED) is 0.618. The van der Waals surface area contributed by atoms with Crippen LogP contribution in [-0.2, 0) is 6.54 Å². The number of aliphatic hydroxyl groups excluding tert-OH is 1. The highest BCUT2D eigenvalue weighted by atomic mass is 35.5. The molecular weight excluding hydrogens is 361 g/mol. The Bertz CT molecular complexity index is 664. The number of aliphatic hydroxyl groups is 1. The first kappa shape index (κ1) is 19.9. The highest BCUT2D eigenvalue weighted by Crippen LogP contribution is 2.29. The van der Waals surface area contributed by atoms with Crippen LogP contribution in [0, 0.1) is 0 Å². The van der Waals surface area contributed by atoms with Crippen LogP contribution < -0.4 is 14.8 Å². The maximum Gasteiger partial charge on any atom is 0.142 e. The van der Waals surface area contributed by atoms with E-state index in [9.17, 15) is 5.11 Å². The maximum atomic E-state index is 10.5.